The molecule has 1 fully saturated rings. The van der Waals surface area contributed by atoms with Gasteiger partial charge < -0.3 is 19.5 Å². The second kappa shape index (κ2) is 12.7. The van der Waals surface area contributed by atoms with Gasteiger partial charge in [-0.1, -0.05) is 12.1 Å². The number of hydrogen-bond donors (Lipinski definition) is 1. The number of nitrogens with one attached hydrogen (secondary N) is 1. The van der Waals surface area contributed by atoms with Crippen molar-refractivity contribution in [3.05, 3.63) is 77.6 Å². The Kier molecular flexibility index (Phi) is 8.99. The molecular formula is C31H27F5N4O6S. The van der Waals surface area contributed by atoms with Crippen LogP contribution in [-0.2, 0) is 14.8 Å². The van der Waals surface area contributed by atoms with E-state index >= 15 is 0 Å². The van der Waals surface area contributed by atoms with E-state index in [1.807, 2.05) is 0 Å². The van der Waals surface area contributed by atoms with E-state index < -0.39 is 46.5 Å². The van der Waals surface area contributed by atoms with E-state index in [1.54, 1.807) is 0 Å². The Labute approximate surface area is 265 Å². The van der Waals surface area contributed by atoms with Gasteiger partial charge in [0.05, 0.1) is 17.5 Å². The van der Waals surface area contributed by atoms with Gasteiger partial charge in [-0.3, -0.25) is 14.4 Å². The van der Waals surface area contributed by atoms with Crippen molar-refractivity contribution >= 4 is 44.4 Å². The molecule has 10 nitrogen and oxygen atoms in total. The summed E-state index contributed by atoms with van der Waals surface area (Å²) in [5.74, 6) is -3.63. The third-order valence-corrected chi connectivity index (χ3v) is 8.76. The highest BCUT2D eigenvalue weighted by atomic mass is 32.2. The fourth-order valence-electron chi connectivity index (χ4n) is 5.35. The molecule has 1 aliphatic rings. The maximum absolute atomic E-state index is 14.4. The Morgan fingerprint density at radius 3 is 2.15 bits per heavy atom. The van der Waals surface area contributed by atoms with Crippen LogP contribution in [0.4, 0.5) is 27.6 Å². The van der Waals surface area contributed by atoms with E-state index in [1.165, 1.54) is 60.5 Å². The number of amides is 3. The van der Waals surface area contributed by atoms with E-state index in [0.717, 1.165) is 18.4 Å². The molecule has 1 aliphatic heterocycles. The number of anilines is 1. The third kappa shape index (κ3) is 6.63. The molecule has 0 saturated carbocycles. The number of nitrogens with zero attached hydrogens (tertiary/aromatic N) is 3. The maximum Gasteiger partial charge on any atom is 0.471 e. The van der Waals surface area contributed by atoms with Gasteiger partial charge in [0.15, 0.2) is 6.80 Å². The zero-order valence-electron chi connectivity index (χ0n) is 24.9. The molecule has 2 heterocycles. The summed E-state index contributed by atoms with van der Waals surface area (Å²) in [6.45, 7) is -2.46. The first kappa shape index (κ1) is 33.4. The number of halogens is 5. The lowest BCUT2D eigenvalue weighted by Gasteiger charge is -2.35. The fraction of sp³-hybridized carbons (Fsp3) is 0.258. The van der Waals surface area contributed by atoms with Crippen LogP contribution in [0.25, 0.3) is 33.4 Å². The number of fused-ring (bicyclic) bond motifs is 1. The first-order valence-corrected chi connectivity index (χ1v) is 15.9. The Balaban J connectivity index is 1.62. The maximum atomic E-state index is 14.4. The molecular weight excluding hydrogens is 651 g/mol. The van der Waals surface area contributed by atoms with Crippen LogP contribution in [0.5, 0.6) is 0 Å². The Hall–Kier alpha value is -4.99. The lowest BCUT2D eigenvalue weighted by molar-refractivity contribution is -0.186. The first-order chi connectivity index (χ1) is 22.1. The highest BCUT2D eigenvalue weighted by Gasteiger charge is 2.43. The monoisotopic (exact) mass is 678 g/mol. The molecule has 0 radical (unpaired) electrons. The summed E-state index contributed by atoms with van der Waals surface area (Å²) in [7, 11) is -2.82. The van der Waals surface area contributed by atoms with E-state index in [2.05, 4.69) is 5.32 Å². The average molecular weight is 679 g/mol. The van der Waals surface area contributed by atoms with Gasteiger partial charge in [-0.2, -0.15) is 13.2 Å². The summed E-state index contributed by atoms with van der Waals surface area (Å²) in [5.41, 5.74) is 0.643. The highest BCUT2D eigenvalue weighted by Crippen LogP contribution is 2.42. The minimum absolute atomic E-state index is 0.0160. The number of benzene rings is 3. The van der Waals surface area contributed by atoms with Crippen LogP contribution in [0, 0.1) is 5.82 Å². The standard InChI is InChI=1S/C31H27F5N4O6S/c1-37-28(41)26-23-15-22(19-4-3-5-20(14-19)29(42)38-10-12-39(13-11-38)30(43)31(34,35)36)24(40(17-32)47(2,44)45)16-25(23)46-27(26)18-6-8-21(33)9-7-18/h3-9,14-16H,10-13,17H2,1-2H3,(H,37,41). The van der Waals surface area contributed by atoms with E-state index in [4.69, 9.17) is 4.42 Å². The SMILES string of the molecule is CNC(=O)c1c(-c2ccc(F)cc2)oc2cc(N(CF)S(C)(=O)=O)c(-c3cccc(C(=O)N4CCN(C(=O)C(F)(F)F)CC4)c3)cc12. The molecule has 4 aromatic rings. The van der Waals surface area contributed by atoms with Crippen molar-refractivity contribution in [1.29, 1.82) is 0 Å². The normalized spacial score (nSPS) is 13.9. The predicted octanol–water partition coefficient (Wildman–Crippen LogP) is 4.81. The van der Waals surface area contributed by atoms with Gasteiger partial charge in [0.2, 0.25) is 10.0 Å². The van der Waals surface area contributed by atoms with Crippen LogP contribution >= 0.6 is 0 Å². The number of sulfonamides is 1. The summed E-state index contributed by atoms with van der Waals surface area (Å²) in [4.78, 5) is 40.0. The van der Waals surface area contributed by atoms with Crippen LogP contribution < -0.4 is 9.62 Å². The van der Waals surface area contributed by atoms with Crippen molar-refractivity contribution in [3.8, 4) is 22.5 Å². The van der Waals surface area contributed by atoms with Gasteiger partial charge in [0.1, 0.15) is 17.2 Å². The number of alkyl halides is 4. The predicted molar refractivity (Wildman–Crippen MR) is 162 cm³/mol. The second-order valence-electron chi connectivity index (χ2n) is 10.7. The molecule has 248 valence electrons. The molecule has 47 heavy (non-hydrogen) atoms. The van der Waals surface area contributed by atoms with Crippen molar-refractivity contribution in [1.82, 2.24) is 15.1 Å². The number of furan rings is 1. The van der Waals surface area contributed by atoms with Crippen LogP contribution in [0.15, 0.2) is 65.1 Å². The second-order valence-corrected chi connectivity index (χ2v) is 12.6. The Morgan fingerprint density at radius 1 is 0.936 bits per heavy atom. The molecule has 16 heteroatoms. The number of carbonyl (C=O) groups excluding carboxylic acids is 3. The molecule has 1 saturated heterocycles. The van der Waals surface area contributed by atoms with Crippen molar-refractivity contribution in [2.24, 2.45) is 0 Å². The molecule has 0 atom stereocenters. The minimum atomic E-state index is -5.04. The molecule has 5 rings (SSSR count). The molecule has 0 bridgehead atoms. The van der Waals surface area contributed by atoms with Crippen molar-refractivity contribution in [3.63, 3.8) is 0 Å². The van der Waals surface area contributed by atoms with Crippen molar-refractivity contribution in [2.75, 3.05) is 50.6 Å². The van der Waals surface area contributed by atoms with Crippen LogP contribution in [0.2, 0.25) is 0 Å². The molecule has 3 aromatic carbocycles. The van der Waals surface area contributed by atoms with Gasteiger partial charge in [-0.05, 0) is 48.0 Å². The molecule has 0 unspecified atom stereocenters. The Bertz CT molecular complexity index is 1970. The van der Waals surface area contributed by atoms with Gasteiger partial charge >= 0.3 is 12.1 Å². The largest absolute Gasteiger partial charge is 0.471 e. The number of piperazine rings is 1. The summed E-state index contributed by atoms with van der Waals surface area (Å²) in [6, 6.07) is 13.6. The molecule has 0 spiro atoms. The van der Waals surface area contributed by atoms with Crippen molar-refractivity contribution in [2.45, 2.75) is 6.18 Å². The smallest absolute Gasteiger partial charge is 0.455 e. The van der Waals surface area contributed by atoms with E-state index in [9.17, 15) is 44.8 Å². The van der Waals surface area contributed by atoms with Gasteiger partial charge in [-0.25, -0.2) is 21.5 Å². The lowest BCUT2D eigenvalue weighted by atomic mass is 9.97. The fourth-order valence-corrected chi connectivity index (χ4v) is 6.04. The van der Waals surface area contributed by atoms with Gasteiger partial charge in [0.25, 0.3) is 11.8 Å². The third-order valence-electron chi connectivity index (χ3n) is 7.66. The number of carbonyl (C=O) groups is 3. The van der Waals surface area contributed by atoms with E-state index in [-0.39, 0.29) is 70.8 Å². The van der Waals surface area contributed by atoms with E-state index in [0.29, 0.717) is 14.8 Å². The molecule has 1 aromatic heterocycles. The molecule has 1 N–H and O–H groups in total. The van der Waals surface area contributed by atoms with Crippen molar-refractivity contribution < 1.29 is 49.2 Å². The van der Waals surface area contributed by atoms with Crippen LogP contribution in [-0.4, -0.2) is 88.4 Å². The quantitative estimate of drug-likeness (QED) is 0.222. The summed E-state index contributed by atoms with van der Waals surface area (Å²) in [5, 5.41) is 2.72. The Morgan fingerprint density at radius 2 is 1.57 bits per heavy atom. The first-order valence-electron chi connectivity index (χ1n) is 14.0. The molecule has 0 aliphatic carbocycles. The minimum Gasteiger partial charge on any atom is -0.455 e. The highest BCUT2D eigenvalue weighted by molar-refractivity contribution is 7.92. The average Bonchev–Trinajstić information content (AvgIpc) is 3.41. The summed E-state index contributed by atoms with van der Waals surface area (Å²) < 4.78 is 98.5. The van der Waals surface area contributed by atoms with Crippen LogP contribution in [0.3, 0.4) is 0 Å². The lowest BCUT2D eigenvalue weighted by Crippen LogP contribution is -2.53. The summed E-state index contributed by atoms with van der Waals surface area (Å²) in [6.07, 6.45) is -4.24. The number of hydrogen-bond acceptors (Lipinski definition) is 6. The topological polar surface area (TPSA) is 120 Å². The molecule has 3 amide bonds. The van der Waals surface area contributed by atoms with Gasteiger partial charge in [-0.15, -0.1) is 0 Å². The number of rotatable bonds is 7. The zero-order chi connectivity index (χ0) is 34.3. The zero-order valence-corrected chi connectivity index (χ0v) is 25.7. The van der Waals surface area contributed by atoms with Crippen LogP contribution in [0.1, 0.15) is 20.7 Å². The summed E-state index contributed by atoms with van der Waals surface area (Å²) >= 11 is 0. The van der Waals surface area contributed by atoms with Gasteiger partial charge in [0, 0.05) is 61.4 Å².